The molecule has 0 atom stereocenters. The van der Waals surface area contributed by atoms with Gasteiger partial charge in [-0.2, -0.15) is 74.6 Å². The number of halogens is 17. The topological polar surface area (TPSA) is 9.23 Å². The van der Waals surface area contributed by atoms with Crippen LogP contribution in [0.1, 0.15) is 6.92 Å². The lowest BCUT2D eigenvalue weighted by Gasteiger charge is -2.42. The molecule has 0 aliphatic rings. The summed E-state index contributed by atoms with van der Waals surface area (Å²) in [5.41, 5.74) is 0. The van der Waals surface area contributed by atoms with Crippen LogP contribution in [0.2, 0.25) is 0 Å². The van der Waals surface area contributed by atoms with E-state index in [0.29, 0.717) is 0 Å². The fourth-order valence-corrected chi connectivity index (χ4v) is 1.66. The van der Waals surface area contributed by atoms with E-state index in [9.17, 15) is 74.6 Å². The third-order valence-corrected chi connectivity index (χ3v) is 3.49. The summed E-state index contributed by atoms with van der Waals surface area (Å²) in [5, 5.41) is 0. The maximum atomic E-state index is 13.4. The third-order valence-electron chi connectivity index (χ3n) is 3.49. The van der Waals surface area contributed by atoms with Crippen molar-refractivity contribution in [2.45, 2.75) is 54.6 Å². The Morgan fingerprint density at radius 1 is 0.516 bits per heavy atom. The molecule has 31 heavy (non-hydrogen) atoms. The molecule has 0 unspecified atom stereocenters. The molecule has 0 aromatic heterocycles. The van der Waals surface area contributed by atoms with Crippen LogP contribution >= 0.6 is 0 Å². The van der Waals surface area contributed by atoms with E-state index < -0.39 is 60.3 Å². The second kappa shape index (κ2) is 8.13. The van der Waals surface area contributed by atoms with Gasteiger partial charge in [0.2, 0.25) is 0 Å². The van der Waals surface area contributed by atoms with Crippen molar-refractivity contribution >= 4 is 0 Å². The number of hydrogen-bond acceptors (Lipinski definition) is 1. The highest BCUT2D eigenvalue weighted by Gasteiger charge is 2.95. The first-order chi connectivity index (χ1) is 13.3. The highest BCUT2D eigenvalue weighted by molar-refractivity contribution is 5.17. The van der Waals surface area contributed by atoms with Gasteiger partial charge in [-0.3, -0.25) is 0 Å². The number of alkyl halides is 17. The Morgan fingerprint density at radius 2 is 0.839 bits per heavy atom. The van der Waals surface area contributed by atoms with Crippen molar-refractivity contribution in [2.75, 3.05) is 13.2 Å². The predicted molar refractivity (Wildman–Crippen MR) is 66.3 cm³/mol. The van der Waals surface area contributed by atoms with Gasteiger partial charge in [0, 0.05) is 6.61 Å². The van der Waals surface area contributed by atoms with Crippen molar-refractivity contribution < 1.29 is 79.4 Å². The molecular formula is C13H9F17O. The van der Waals surface area contributed by atoms with Crippen LogP contribution in [0, 0.1) is 0 Å². The summed E-state index contributed by atoms with van der Waals surface area (Å²) in [4.78, 5) is 0. The molecule has 0 aliphatic carbocycles. The van der Waals surface area contributed by atoms with E-state index >= 15 is 0 Å². The predicted octanol–water partition coefficient (Wildman–Crippen LogP) is 6.59. The van der Waals surface area contributed by atoms with Gasteiger partial charge in [0.05, 0.1) is 6.61 Å². The highest BCUT2D eigenvalue weighted by atomic mass is 19.4. The minimum atomic E-state index is -8.61. The third kappa shape index (κ3) is 4.27. The fourth-order valence-electron chi connectivity index (χ4n) is 1.66. The smallest absolute Gasteiger partial charge is 0.378 e. The van der Waals surface area contributed by atoms with Crippen molar-refractivity contribution in [3.05, 3.63) is 12.2 Å². The fraction of sp³-hybridized carbons (Fsp3) is 0.846. The molecule has 0 saturated heterocycles. The summed E-state index contributed by atoms with van der Waals surface area (Å²) >= 11 is 0. The molecule has 0 amide bonds. The van der Waals surface area contributed by atoms with Crippen LogP contribution in [0.5, 0.6) is 0 Å². The lowest BCUT2D eigenvalue weighted by atomic mass is 9.89. The molecule has 0 radical (unpaired) electrons. The molecule has 0 bridgehead atoms. The molecule has 0 saturated carbocycles. The Labute approximate surface area is 160 Å². The van der Waals surface area contributed by atoms with Crippen molar-refractivity contribution in [1.29, 1.82) is 0 Å². The van der Waals surface area contributed by atoms with Crippen LogP contribution in [0.4, 0.5) is 74.6 Å². The second-order valence-corrected chi connectivity index (χ2v) is 5.63. The van der Waals surface area contributed by atoms with Crippen LogP contribution in [-0.4, -0.2) is 60.8 Å². The first-order valence-electron chi connectivity index (χ1n) is 7.28. The zero-order valence-corrected chi connectivity index (χ0v) is 14.4. The summed E-state index contributed by atoms with van der Waals surface area (Å²) in [5.74, 6) is -56.3. The monoisotopic (exact) mass is 504 g/mol. The molecule has 0 aromatic carbocycles. The van der Waals surface area contributed by atoms with Crippen LogP contribution in [-0.2, 0) is 4.74 Å². The van der Waals surface area contributed by atoms with Crippen molar-refractivity contribution in [3.8, 4) is 0 Å². The number of ether oxygens (including phenoxy) is 1. The van der Waals surface area contributed by atoms with Gasteiger partial charge >= 0.3 is 47.6 Å². The molecule has 0 aromatic rings. The van der Waals surface area contributed by atoms with E-state index in [4.69, 9.17) is 0 Å². The van der Waals surface area contributed by atoms with E-state index in [1.807, 2.05) is 0 Å². The van der Waals surface area contributed by atoms with Gasteiger partial charge in [-0.15, -0.1) is 0 Å². The molecule has 0 N–H and O–H groups in total. The SMILES string of the molecule is CCOCC=CC(F)(F)C(F)(F)C(F)(F)C(F)(F)C(F)(F)C(F)(F)C(F)(F)C(F)(F)F. The first kappa shape index (κ1) is 29.5. The first-order valence-corrected chi connectivity index (χ1v) is 7.28. The van der Waals surface area contributed by atoms with Crippen molar-refractivity contribution in [1.82, 2.24) is 0 Å². The summed E-state index contributed by atoms with van der Waals surface area (Å²) in [6.45, 7) is -0.125. The zero-order valence-electron chi connectivity index (χ0n) is 14.4. The van der Waals surface area contributed by atoms with Crippen LogP contribution in [0.15, 0.2) is 12.2 Å². The zero-order chi connectivity index (χ0) is 25.5. The lowest BCUT2D eigenvalue weighted by Crippen LogP contribution is -2.74. The van der Waals surface area contributed by atoms with Gasteiger partial charge in [0.1, 0.15) is 0 Å². The van der Waals surface area contributed by atoms with E-state index in [-0.39, 0.29) is 12.7 Å². The minimum absolute atomic E-state index is 0.198. The molecular weight excluding hydrogens is 495 g/mol. The molecule has 0 heterocycles. The standard InChI is InChI=1S/C13H9F17O/c1-2-31-5-3-4-6(14,15)7(16,17)8(18,19)9(20,21)10(22,23)11(24,25)12(26,27)13(28,29)30/h3-4H,2,5H2,1H3. The maximum absolute atomic E-state index is 13.4. The minimum Gasteiger partial charge on any atom is -0.378 e. The quantitative estimate of drug-likeness (QED) is 0.186. The van der Waals surface area contributed by atoms with Gasteiger partial charge in [-0.1, -0.05) is 6.08 Å². The number of hydrogen-bond donors (Lipinski definition) is 0. The van der Waals surface area contributed by atoms with Gasteiger partial charge in [-0.05, 0) is 13.0 Å². The Balaban J connectivity index is 6.53. The van der Waals surface area contributed by atoms with E-state index in [1.54, 1.807) is 0 Å². The Kier molecular flexibility index (Phi) is 7.74. The Morgan fingerprint density at radius 3 is 1.16 bits per heavy atom. The molecule has 0 rings (SSSR count). The molecule has 0 aliphatic heterocycles. The molecule has 186 valence electrons. The van der Waals surface area contributed by atoms with E-state index in [2.05, 4.69) is 4.74 Å². The molecule has 0 fully saturated rings. The Hall–Kier alpha value is -1.49. The van der Waals surface area contributed by atoms with Gasteiger partial charge < -0.3 is 4.74 Å². The maximum Gasteiger partial charge on any atom is 0.460 e. The van der Waals surface area contributed by atoms with Crippen LogP contribution in [0.3, 0.4) is 0 Å². The molecule has 18 heteroatoms. The summed E-state index contributed by atoms with van der Waals surface area (Å²) in [6, 6.07) is 0. The van der Waals surface area contributed by atoms with Crippen molar-refractivity contribution in [3.63, 3.8) is 0 Å². The number of allylic oxidation sites excluding steroid dienone is 1. The van der Waals surface area contributed by atoms with Crippen molar-refractivity contribution in [2.24, 2.45) is 0 Å². The van der Waals surface area contributed by atoms with Crippen LogP contribution in [0.25, 0.3) is 0 Å². The molecule has 1 nitrogen and oxygen atoms in total. The lowest BCUT2D eigenvalue weighted by molar-refractivity contribution is -0.459. The normalized spacial score (nSPS) is 16.3. The summed E-state index contributed by atoms with van der Waals surface area (Å²) in [7, 11) is 0. The summed E-state index contributed by atoms with van der Waals surface area (Å²) < 4.78 is 224. The van der Waals surface area contributed by atoms with E-state index in [1.165, 1.54) is 6.92 Å². The Bertz CT molecular complexity index is 645. The number of rotatable bonds is 10. The van der Waals surface area contributed by atoms with Gasteiger partial charge in [0.15, 0.2) is 0 Å². The summed E-state index contributed by atoms with van der Waals surface area (Å²) in [6.07, 6.45) is -9.23. The van der Waals surface area contributed by atoms with Gasteiger partial charge in [0.25, 0.3) is 0 Å². The van der Waals surface area contributed by atoms with Gasteiger partial charge in [-0.25, -0.2) is 0 Å². The average Bonchev–Trinajstić information content (AvgIpc) is 2.56. The second-order valence-electron chi connectivity index (χ2n) is 5.63. The van der Waals surface area contributed by atoms with E-state index in [0.717, 1.165) is 0 Å². The molecule has 0 spiro atoms. The van der Waals surface area contributed by atoms with Crippen LogP contribution < -0.4 is 0 Å². The average molecular weight is 504 g/mol. The highest BCUT2D eigenvalue weighted by Crippen LogP contribution is 2.63. The largest absolute Gasteiger partial charge is 0.460 e.